The summed E-state index contributed by atoms with van der Waals surface area (Å²) in [7, 11) is 0. The van der Waals surface area contributed by atoms with Crippen molar-refractivity contribution in [1.29, 1.82) is 0 Å². The minimum absolute atomic E-state index is 0.146. The van der Waals surface area contributed by atoms with Gasteiger partial charge in [-0.05, 0) is 12.1 Å². The zero-order valence-corrected chi connectivity index (χ0v) is 9.83. The second kappa shape index (κ2) is 5.27. The number of fused-ring (bicyclic) bond motifs is 1. The van der Waals surface area contributed by atoms with Crippen molar-refractivity contribution in [2.24, 2.45) is 5.84 Å². The Morgan fingerprint density at radius 3 is 2.58 bits per heavy atom. The molecule has 0 fully saturated rings. The number of alkyl halides is 3. The normalized spacial score (nSPS) is 11.6. The van der Waals surface area contributed by atoms with Gasteiger partial charge in [0.25, 0.3) is 0 Å². The molecular formula is C11H12F3N5. The van der Waals surface area contributed by atoms with Crippen LogP contribution in [0.5, 0.6) is 0 Å². The average Bonchev–Trinajstić information content (AvgIpc) is 2.37. The van der Waals surface area contributed by atoms with Crippen molar-refractivity contribution in [2.75, 3.05) is 17.3 Å². The smallest absolute Gasteiger partial charge is 0.369 e. The van der Waals surface area contributed by atoms with Crippen LogP contribution in [0.3, 0.4) is 0 Å². The number of hydrazine groups is 1. The van der Waals surface area contributed by atoms with E-state index >= 15 is 0 Å². The Bertz CT molecular complexity index is 570. The molecule has 102 valence electrons. The third kappa shape index (κ3) is 3.44. The van der Waals surface area contributed by atoms with Gasteiger partial charge in [0.1, 0.15) is 5.82 Å². The van der Waals surface area contributed by atoms with Crippen molar-refractivity contribution >= 4 is 22.7 Å². The van der Waals surface area contributed by atoms with Gasteiger partial charge in [0.15, 0.2) is 0 Å². The molecule has 0 aliphatic rings. The van der Waals surface area contributed by atoms with Crippen LogP contribution in [-0.2, 0) is 0 Å². The molecule has 8 heteroatoms. The number of benzene rings is 1. The van der Waals surface area contributed by atoms with Crippen molar-refractivity contribution < 1.29 is 13.2 Å². The summed E-state index contributed by atoms with van der Waals surface area (Å²) in [5.74, 6) is 5.69. The van der Waals surface area contributed by atoms with Crippen molar-refractivity contribution in [1.82, 2.24) is 9.97 Å². The molecule has 5 nitrogen and oxygen atoms in total. The van der Waals surface area contributed by atoms with E-state index in [-0.39, 0.29) is 12.5 Å². The highest BCUT2D eigenvalue weighted by Crippen LogP contribution is 2.23. The van der Waals surface area contributed by atoms with Crippen LogP contribution in [-0.4, -0.2) is 22.7 Å². The van der Waals surface area contributed by atoms with Gasteiger partial charge in [0.05, 0.1) is 11.9 Å². The SMILES string of the molecule is NNc1nc(NCCC(F)(F)F)c2ccccc2n1. The molecule has 2 rings (SSSR count). The molecule has 0 bridgehead atoms. The lowest BCUT2D eigenvalue weighted by Gasteiger charge is -2.11. The second-order valence-electron chi connectivity index (χ2n) is 3.85. The highest BCUT2D eigenvalue weighted by molar-refractivity contribution is 5.89. The van der Waals surface area contributed by atoms with Crippen molar-refractivity contribution in [3.05, 3.63) is 24.3 Å². The molecule has 1 aromatic carbocycles. The topological polar surface area (TPSA) is 75.9 Å². The molecule has 0 saturated carbocycles. The number of hydrogen-bond donors (Lipinski definition) is 3. The van der Waals surface area contributed by atoms with E-state index in [1.807, 2.05) is 0 Å². The lowest BCUT2D eigenvalue weighted by Crippen LogP contribution is -2.16. The van der Waals surface area contributed by atoms with Crippen LogP contribution >= 0.6 is 0 Å². The van der Waals surface area contributed by atoms with Gasteiger partial charge >= 0.3 is 6.18 Å². The molecule has 1 aromatic heterocycles. The van der Waals surface area contributed by atoms with E-state index in [0.717, 1.165) is 0 Å². The molecular weight excluding hydrogens is 259 g/mol. The minimum Gasteiger partial charge on any atom is -0.369 e. The molecule has 19 heavy (non-hydrogen) atoms. The van der Waals surface area contributed by atoms with E-state index < -0.39 is 12.6 Å². The van der Waals surface area contributed by atoms with Crippen molar-refractivity contribution in [3.63, 3.8) is 0 Å². The van der Waals surface area contributed by atoms with Crippen LogP contribution in [0.25, 0.3) is 10.9 Å². The largest absolute Gasteiger partial charge is 0.390 e. The fraction of sp³-hybridized carbons (Fsp3) is 0.273. The Hall–Kier alpha value is -2.09. The van der Waals surface area contributed by atoms with Crippen LogP contribution in [0.1, 0.15) is 6.42 Å². The number of nitrogens with zero attached hydrogens (tertiary/aromatic N) is 2. The first kappa shape index (κ1) is 13.3. The first-order valence-electron chi connectivity index (χ1n) is 5.53. The summed E-state index contributed by atoms with van der Waals surface area (Å²) in [5.41, 5.74) is 2.88. The number of hydrogen-bond acceptors (Lipinski definition) is 5. The third-order valence-electron chi connectivity index (χ3n) is 2.43. The van der Waals surface area contributed by atoms with Gasteiger partial charge in [0, 0.05) is 11.9 Å². The number of aromatic nitrogens is 2. The molecule has 2 aromatic rings. The Kier molecular flexibility index (Phi) is 3.70. The molecule has 0 spiro atoms. The van der Waals surface area contributed by atoms with E-state index in [9.17, 15) is 13.2 Å². The summed E-state index contributed by atoms with van der Waals surface area (Å²) in [6.07, 6.45) is -5.14. The Morgan fingerprint density at radius 2 is 1.89 bits per heavy atom. The van der Waals surface area contributed by atoms with Crippen LogP contribution < -0.4 is 16.6 Å². The number of rotatable bonds is 4. The molecule has 0 aliphatic heterocycles. The standard InChI is InChI=1S/C11H12F3N5/c12-11(13,14)5-6-16-9-7-3-1-2-4-8(7)17-10(18-9)19-15/h1-4H,5-6,15H2,(H2,16,17,18,19). The van der Waals surface area contributed by atoms with Gasteiger partial charge in [-0.15, -0.1) is 0 Å². The monoisotopic (exact) mass is 271 g/mol. The van der Waals surface area contributed by atoms with E-state index in [2.05, 4.69) is 20.7 Å². The molecule has 4 N–H and O–H groups in total. The van der Waals surface area contributed by atoms with Crippen LogP contribution in [0.2, 0.25) is 0 Å². The first-order chi connectivity index (χ1) is 8.99. The number of para-hydroxylation sites is 1. The van der Waals surface area contributed by atoms with E-state index in [1.165, 1.54) is 0 Å². The molecule has 0 radical (unpaired) electrons. The molecule has 0 atom stereocenters. The summed E-state index contributed by atoms with van der Waals surface area (Å²) < 4.78 is 36.3. The maximum atomic E-state index is 12.1. The van der Waals surface area contributed by atoms with Gasteiger partial charge in [-0.25, -0.2) is 10.8 Å². The molecule has 0 saturated heterocycles. The summed E-state index contributed by atoms with van der Waals surface area (Å²) in [6, 6.07) is 6.99. The average molecular weight is 271 g/mol. The lowest BCUT2D eigenvalue weighted by molar-refractivity contribution is -0.131. The van der Waals surface area contributed by atoms with Gasteiger partial charge in [-0.2, -0.15) is 18.2 Å². The van der Waals surface area contributed by atoms with Crippen LogP contribution in [0.4, 0.5) is 24.9 Å². The predicted molar refractivity (Wildman–Crippen MR) is 66.5 cm³/mol. The fourth-order valence-corrected chi connectivity index (χ4v) is 1.60. The summed E-state index contributed by atoms with van der Waals surface area (Å²) in [5, 5.41) is 3.29. The third-order valence-corrected chi connectivity index (χ3v) is 2.43. The first-order valence-corrected chi connectivity index (χ1v) is 5.53. The Balaban J connectivity index is 2.25. The highest BCUT2D eigenvalue weighted by Gasteiger charge is 2.26. The Labute approximate surface area is 107 Å². The van der Waals surface area contributed by atoms with Gasteiger partial charge in [-0.3, -0.25) is 5.43 Å². The zero-order chi connectivity index (χ0) is 13.9. The fourth-order valence-electron chi connectivity index (χ4n) is 1.60. The van der Waals surface area contributed by atoms with Crippen molar-refractivity contribution in [3.8, 4) is 0 Å². The maximum Gasteiger partial charge on any atom is 0.390 e. The Morgan fingerprint density at radius 1 is 1.16 bits per heavy atom. The number of nitrogens with two attached hydrogens (primary N) is 1. The van der Waals surface area contributed by atoms with Gasteiger partial charge in [-0.1, -0.05) is 12.1 Å². The number of nitrogens with one attached hydrogen (secondary N) is 2. The van der Waals surface area contributed by atoms with Crippen LogP contribution in [0.15, 0.2) is 24.3 Å². The maximum absolute atomic E-state index is 12.1. The number of nitrogen functional groups attached to an aromatic ring is 1. The summed E-state index contributed by atoms with van der Waals surface area (Å²) in [4.78, 5) is 8.12. The van der Waals surface area contributed by atoms with Gasteiger partial charge < -0.3 is 5.32 Å². The molecule has 0 amide bonds. The molecule has 0 unspecified atom stereocenters. The summed E-state index contributed by atoms with van der Waals surface area (Å²) in [6.45, 7) is -0.255. The number of halogens is 3. The van der Waals surface area contributed by atoms with E-state index in [4.69, 9.17) is 5.84 Å². The minimum atomic E-state index is -4.20. The molecule has 1 heterocycles. The highest BCUT2D eigenvalue weighted by atomic mass is 19.4. The van der Waals surface area contributed by atoms with E-state index in [0.29, 0.717) is 16.7 Å². The molecule has 0 aliphatic carbocycles. The summed E-state index contributed by atoms with van der Waals surface area (Å²) >= 11 is 0. The predicted octanol–water partition coefficient (Wildman–Crippen LogP) is 2.28. The quantitative estimate of drug-likeness (QED) is 0.587. The van der Waals surface area contributed by atoms with Crippen molar-refractivity contribution in [2.45, 2.75) is 12.6 Å². The van der Waals surface area contributed by atoms with Crippen LogP contribution in [0, 0.1) is 0 Å². The lowest BCUT2D eigenvalue weighted by atomic mass is 10.2. The van der Waals surface area contributed by atoms with E-state index in [1.54, 1.807) is 24.3 Å². The second-order valence-corrected chi connectivity index (χ2v) is 3.85. The number of anilines is 2. The zero-order valence-electron chi connectivity index (χ0n) is 9.83. The van der Waals surface area contributed by atoms with Gasteiger partial charge in [0.2, 0.25) is 5.95 Å².